The minimum atomic E-state index is -1.01. The highest BCUT2D eigenvalue weighted by atomic mass is 32.3. The van der Waals surface area contributed by atoms with Crippen molar-refractivity contribution in [3.8, 4) is 5.75 Å². The molecule has 20 heavy (non-hydrogen) atoms. The molecule has 0 fully saturated rings. The summed E-state index contributed by atoms with van der Waals surface area (Å²) in [7, 11) is 1.66. The molecule has 1 atom stereocenters. The van der Waals surface area contributed by atoms with Crippen molar-refractivity contribution in [3.05, 3.63) is 18.2 Å². The van der Waals surface area contributed by atoms with E-state index in [1.807, 2.05) is 21.9 Å². The van der Waals surface area contributed by atoms with Crippen LogP contribution in [-0.4, -0.2) is 21.9 Å². The van der Waals surface area contributed by atoms with E-state index in [-0.39, 0.29) is 0 Å². The van der Waals surface area contributed by atoms with Crippen LogP contribution in [0.4, 0.5) is 0 Å². The van der Waals surface area contributed by atoms with Crippen LogP contribution in [0.5, 0.6) is 5.75 Å². The monoisotopic (exact) mass is 313 g/mol. The molecule has 1 aliphatic heterocycles. The van der Waals surface area contributed by atoms with E-state index in [0.717, 1.165) is 28.5 Å². The molecule has 0 N–H and O–H groups in total. The summed E-state index contributed by atoms with van der Waals surface area (Å²) in [6, 6.07) is 5.77. The van der Waals surface area contributed by atoms with E-state index in [0.29, 0.717) is 0 Å². The van der Waals surface area contributed by atoms with Crippen LogP contribution in [0.15, 0.2) is 28.0 Å². The topological polar surface area (TPSA) is 35.5 Å². The predicted molar refractivity (Wildman–Crippen MR) is 85.3 cm³/mol. The number of fused-ring (bicyclic) bond motifs is 1. The molecule has 0 spiro atoms. The first-order valence-electron chi connectivity index (χ1n) is 7.31. The van der Waals surface area contributed by atoms with Crippen molar-refractivity contribution < 1.29 is 9.29 Å². The first-order chi connectivity index (χ1) is 9.76. The molecule has 5 heteroatoms. The highest BCUT2D eigenvalue weighted by Crippen LogP contribution is 2.43. The van der Waals surface area contributed by atoms with Crippen molar-refractivity contribution in [3.63, 3.8) is 0 Å². The van der Waals surface area contributed by atoms with Gasteiger partial charge < -0.3 is 9.29 Å². The molecule has 1 aromatic carbocycles. The lowest BCUT2D eigenvalue weighted by molar-refractivity contribution is 0.413. The molecule has 1 aliphatic rings. The van der Waals surface area contributed by atoms with Gasteiger partial charge in [-0.2, -0.15) is 0 Å². The van der Waals surface area contributed by atoms with Crippen molar-refractivity contribution in [2.45, 2.75) is 55.2 Å². The van der Waals surface area contributed by atoms with Gasteiger partial charge in [0.15, 0.2) is 4.90 Å². The molecule has 112 valence electrons. The quantitative estimate of drug-likeness (QED) is 0.405. The summed E-state index contributed by atoms with van der Waals surface area (Å²) in [5, 5.41) is 0. The molecular weight excluding hydrogens is 290 g/mol. The Bertz CT molecular complexity index is 428. The van der Waals surface area contributed by atoms with Crippen LogP contribution in [0.25, 0.3) is 0 Å². The van der Waals surface area contributed by atoms with Crippen LogP contribution in [0.1, 0.15) is 45.4 Å². The lowest BCUT2D eigenvalue weighted by Crippen LogP contribution is -2.20. The Hall–Kier alpha value is -0.360. The summed E-state index contributed by atoms with van der Waals surface area (Å²) in [6.07, 6.45) is 7.57. The van der Waals surface area contributed by atoms with Crippen LogP contribution in [0, 0.1) is 0 Å². The summed E-state index contributed by atoms with van der Waals surface area (Å²) in [5.41, 5.74) is 0. The summed E-state index contributed by atoms with van der Waals surface area (Å²) in [5.74, 6) is 0.828. The third-order valence-corrected chi connectivity index (χ3v) is 6.38. The van der Waals surface area contributed by atoms with Gasteiger partial charge in [-0.15, -0.1) is 0 Å². The number of methoxy groups -OCH3 is 1. The lowest BCUT2D eigenvalue weighted by Gasteiger charge is -2.14. The molecule has 0 aromatic heterocycles. The van der Waals surface area contributed by atoms with Gasteiger partial charge in [-0.05, 0) is 12.5 Å². The second-order valence-corrected chi connectivity index (χ2v) is 7.65. The molecular formula is C15H23NO2S2. The van der Waals surface area contributed by atoms with E-state index < -0.39 is 11.4 Å². The number of nitrogens with zero attached hydrogens (tertiary/aromatic N) is 1. The average Bonchev–Trinajstić information content (AvgIpc) is 2.78. The third-order valence-electron chi connectivity index (χ3n) is 3.42. The number of hydrogen-bond donors (Lipinski definition) is 0. The maximum Gasteiger partial charge on any atom is 0.190 e. The fraction of sp³-hybridized carbons (Fsp3) is 0.600. The molecule has 1 unspecified atom stereocenters. The molecule has 0 aliphatic carbocycles. The third kappa shape index (κ3) is 4.07. The van der Waals surface area contributed by atoms with Crippen molar-refractivity contribution in [1.82, 2.24) is 3.71 Å². The minimum Gasteiger partial charge on any atom is -0.592 e. The molecule has 1 aromatic rings. The van der Waals surface area contributed by atoms with Crippen LogP contribution >= 0.6 is 11.9 Å². The lowest BCUT2D eigenvalue weighted by atomic mass is 10.1. The van der Waals surface area contributed by atoms with Gasteiger partial charge >= 0.3 is 0 Å². The van der Waals surface area contributed by atoms with E-state index >= 15 is 0 Å². The van der Waals surface area contributed by atoms with Gasteiger partial charge in [-0.25, -0.2) is 0 Å². The maximum absolute atomic E-state index is 12.3. The van der Waals surface area contributed by atoms with E-state index in [9.17, 15) is 4.55 Å². The zero-order chi connectivity index (χ0) is 14.4. The second kappa shape index (κ2) is 8.17. The van der Waals surface area contributed by atoms with E-state index in [1.54, 1.807) is 19.1 Å². The number of rotatable bonds is 8. The predicted octanol–water partition coefficient (Wildman–Crippen LogP) is 4.40. The molecule has 0 saturated carbocycles. The fourth-order valence-corrected chi connectivity index (χ4v) is 5.01. The Balaban J connectivity index is 1.78. The molecule has 0 radical (unpaired) electrons. The average molecular weight is 313 g/mol. The molecule has 2 rings (SSSR count). The molecule has 1 heterocycles. The van der Waals surface area contributed by atoms with E-state index in [1.165, 1.54) is 32.1 Å². The highest BCUT2D eigenvalue weighted by molar-refractivity contribution is 8.11. The number of hydrogen-bond acceptors (Lipinski definition) is 4. The van der Waals surface area contributed by atoms with Crippen molar-refractivity contribution in [2.24, 2.45) is 0 Å². The second-order valence-electron chi connectivity index (χ2n) is 4.98. The SMILES string of the molecule is CCCCCCCCN1Sc2cc(OC)ccc2[S+]1[O-]. The van der Waals surface area contributed by atoms with Gasteiger partial charge in [0.1, 0.15) is 5.75 Å². The normalized spacial score (nSPS) is 18.2. The first-order valence-corrected chi connectivity index (χ1v) is 9.19. The Morgan fingerprint density at radius 1 is 1.20 bits per heavy atom. The van der Waals surface area contributed by atoms with E-state index in [2.05, 4.69) is 6.92 Å². The van der Waals surface area contributed by atoms with E-state index in [4.69, 9.17) is 4.74 Å². The first kappa shape index (κ1) is 16.0. The van der Waals surface area contributed by atoms with Gasteiger partial charge in [-0.1, -0.05) is 42.7 Å². The maximum atomic E-state index is 12.3. The fourth-order valence-electron chi connectivity index (χ4n) is 2.23. The zero-order valence-corrected chi connectivity index (χ0v) is 13.9. The Morgan fingerprint density at radius 3 is 2.70 bits per heavy atom. The smallest absolute Gasteiger partial charge is 0.190 e. The minimum absolute atomic E-state index is 0.828. The van der Waals surface area contributed by atoms with Crippen LogP contribution in [-0.2, 0) is 11.4 Å². The highest BCUT2D eigenvalue weighted by Gasteiger charge is 2.35. The number of unbranched alkanes of at least 4 members (excludes halogenated alkanes) is 5. The molecule has 0 bridgehead atoms. The summed E-state index contributed by atoms with van der Waals surface area (Å²) < 4.78 is 19.5. The van der Waals surface area contributed by atoms with Gasteiger partial charge in [0.05, 0.1) is 29.9 Å². The summed E-state index contributed by atoms with van der Waals surface area (Å²) in [6.45, 7) is 3.12. The Labute approximate surface area is 129 Å². The molecule has 3 nitrogen and oxygen atoms in total. The number of benzene rings is 1. The number of ether oxygens (including phenoxy) is 1. The van der Waals surface area contributed by atoms with Gasteiger partial charge in [0.25, 0.3) is 0 Å². The largest absolute Gasteiger partial charge is 0.592 e. The van der Waals surface area contributed by atoms with Gasteiger partial charge in [0.2, 0.25) is 0 Å². The summed E-state index contributed by atoms with van der Waals surface area (Å²) >= 11 is 0.581. The molecule has 0 amide bonds. The van der Waals surface area contributed by atoms with Crippen LogP contribution in [0.3, 0.4) is 0 Å². The summed E-state index contributed by atoms with van der Waals surface area (Å²) in [4.78, 5) is 1.98. The standard InChI is InChI=1S/C15H23NO2S2/c1-3-4-5-6-7-8-11-16-19-14-12-13(18-2)9-10-15(14)20(16)17/h9-10,12H,3-8,11H2,1-2H3. The van der Waals surface area contributed by atoms with Gasteiger partial charge in [-0.3, -0.25) is 0 Å². The molecule has 0 saturated heterocycles. The zero-order valence-electron chi connectivity index (χ0n) is 12.3. The Morgan fingerprint density at radius 2 is 1.95 bits per heavy atom. The van der Waals surface area contributed by atoms with Crippen molar-refractivity contribution in [2.75, 3.05) is 13.7 Å². The van der Waals surface area contributed by atoms with Crippen molar-refractivity contribution in [1.29, 1.82) is 0 Å². The van der Waals surface area contributed by atoms with Crippen LogP contribution in [0.2, 0.25) is 0 Å². The van der Waals surface area contributed by atoms with Gasteiger partial charge in [0, 0.05) is 24.1 Å². The Kier molecular flexibility index (Phi) is 6.55. The van der Waals surface area contributed by atoms with Crippen molar-refractivity contribution >= 4 is 23.3 Å². The van der Waals surface area contributed by atoms with Crippen LogP contribution < -0.4 is 4.74 Å².